The zero-order valence-electron chi connectivity index (χ0n) is 15.1. The van der Waals surface area contributed by atoms with Gasteiger partial charge in [0.2, 0.25) is 5.91 Å². The van der Waals surface area contributed by atoms with Gasteiger partial charge in [-0.25, -0.2) is 0 Å². The van der Waals surface area contributed by atoms with E-state index in [9.17, 15) is 14.4 Å². The number of benzene rings is 2. The molecule has 0 unspecified atom stereocenters. The second-order valence-corrected chi connectivity index (χ2v) is 7.71. The van der Waals surface area contributed by atoms with Crippen LogP contribution in [0.3, 0.4) is 0 Å². The fourth-order valence-electron chi connectivity index (χ4n) is 2.84. The molecule has 2 aromatic rings. The van der Waals surface area contributed by atoms with Crippen molar-refractivity contribution < 1.29 is 19.1 Å². The standard InChI is InChI=1S/C21H21NO4S/c1-15(27-18-6-3-2-4-7-18)21(25)26-14-19(23)16-9-11-17(12-10-16)22-13-5-8-20(22)24/h2-4,6-7,9-12,15H,5,8,13-14H2,1H3/t15-/m1/s1. The van der Waals surface area contributed by atoms with Crippen LogP contribution in [0.25, 0.3) is 0 Å². The smallest absolute Gasteiger partial charge is 0.319 e. The molecular weight excluding hydrogens is 362 g/mol. The van der Waals surface area contributed by atoms with E-state index in [1.54, 1.807) is 36.1 Å². The summed E-state index contributed by atoms with van der Waals surface area (Å²) in [6.07, 6.45) is 1.42. The number of nitrogens with zero attached hydrogens (tertiary/aromatic N) is 1. The maximum Gasteiger partial charge on any atom is 0.319 e. The van der Waals surface area contributed by atoms with Crippen molar-refractivity contribution in [1.82, 2.24) is 0 Å². The molecule has 1 atom stereocenters. The quantitative estimate of drug-likeness (QED) is 0.414. The number of thioether (sulfide) groups is 1. The molecule has 1 aliphatic rings. The summed E-state index contributed by atoms with van der Waals surface area (Å²) in [5.41, 5.74) is 1.25. The third-order valence-corrected chi connectivity index (χ3v) is 5.40. The molecule has 0 N–H and O–H groups in total. The molecule has 0 spiro atoms. The van der Waals surface area contributed by atoms with Crippen LogP contribution in [0.1, 0.15) is 30.1 Å². The molecular formula is C21H21NO4S. The summed E-state index contributed by atoms with van der Waals surface area (Å²) < 4.78 is 5.17. The van der Waals surface area contributed by atoms with Gasteiger partial charge in [-0.3, -0.25) is 14.4 Å². The maximum atomic E-state index is 12.3. The third-order valence-electron chi connectivity index (χ3n) is 4.31. The zero-order chi connectivity index (χ0) is 19.2. The van der Waals surface area contributed by atoms with Crippen LogP contribution in [-0.2, 0) is 14.3 Å². The van der Waals surface area contributed by atoms with Gasteiger partial charge in [-0.05, 0) is 49.7 Å². The lowest BCUT2D eigenvalue weighted by molar-refractivity contribution is -0.141. The first-order valence-electron chi connectivity index (χ1n) is 8.86. The SMILES string of the molecule is C[C@@H](Sc1ccccc1)C(=O)OCC(=O)c1ccc(N2CCCC2=O)cc1. The van der Waals surface area contributed by atoms with Crippen LogP contribution in [0.2, 0.25) is 0 Å². The Hall–Kier alpha value is -2.60. The molecule has 0 radical (unpaired) electrons. The van der Waals surface area contributed by atoms with E-state index >= 15 is 0 Å². The number of esters is 1. The molecule has 0 bridgehead atoms. The molecule has 1 heterocycles. The average molecular weight is 383 g/mol. The van der Waals surface area contributed by atoms with Crippen LogP contribution in [0.4, 0.5) is 5.69 Å². The minimum atomic E-state index is -0.420. The number of ketones is 1. The fraction of sp³-hybridized carbons (Fsp3) is 0.286. The Morgan fingerprint density at radius 3 is 2.44 bits per heavy atom. The van der Waals surface area contributed by atoms with E-state index in [0.717, 1.165) is 17.0 Å². The summed E-state index contributed by atoms with van der Waals surface area (Å²) >= 11 is 1.39. The Morgan fingerprint density at radius 1 is 1.11 bits per heavy atom. The molecule has 6 heteroatoms. The first-order valence-corrected chi connectivity index (χ1v) is 9.74. The Balaban J connectivity index is 1.51. The molecule has 1 aliphatic heterocycles. The maximum absolute atomic E-state index is 12.3. The van der Waals surface area contributed by atoms with Crippen LogP contribution in [-0.4, -0.2) is 36.1 Å². The highest BCUT2D eigenvalue weighted by atomic mass is 32.2. The van der Waals surface area contributed by atoms with Crippen molar-refractivity contribution in [3.63, 3.8) is 0 Å². The monoisotopic (exact) mass is 383 g/mol. The van der Waals surface area contributed by atoms with Gasteiger partial charge in [-0.1, -0.05) is 18.2 Å². The van der Waals surface area contributed by atoms with Crippen molar-refractivity contribution in [1.29, 1.82) is 0 Å². The highest BCUT2D eigenvalue weighted by molar-refractivity contribution is 8.00. The zero-order valence-corrected chi connectivity index (χ0v) is 15.9. The normalized spacial score (nSPS) is 14.9. The Morgan fingerprint density at radius 2 is 1.81 bits per heavy atom. The molecule has 1 amide bonds. The molecule has 1 saturated heterocycles. The molecule has 3 rings (SSSR count). The van der Waals surface area contributed by atoms with Gasteiger partial charge in [0.25, 0.3) is 0 Å². The second-order valence-electron chi connectivity index (χ2n) is 6.30. The summed E-state index contributed by atoms with van der Waals surface area (Å²) in [4.78, 5) is 38.8. The predicted molar refractivity (Wildman–Crippen MR) is 105 cm³/mol. The van der Waals surface area contributed by atoms with Gasteiger partial charge in [0.05, 0.1) is 0 Å². The summed E-state index contributed by atoms with van der Waals surface area (Å²) in [5, 5.41) is -0.399. The number of ether oxygens (including phenoxy) is 1. The van der Waals surface area contributed by atoms with Crippen molar-refractivity contribution in [2.24, 2.45) is 0 Å². The molecule has 2 aromatic carbocycles. The van der Waals surface area contributed by atoms with Gasteiger partial charge in [-0.2, -0.15) is 0 Å². The van der Waals surface area contributed by atoms with E-state index in [4.69, 9.17) is 4.74 Å². The first-order chi connectivity index (χ1) is 13.0. The number of anilines is 1. The van der Waals surface area contributed by atoms with Crippen molar-refractivity contribution in [3.8, 4) is 0 Å². The minimum Gasteiger partial charge on any atom is -0.456 e. The topological polar surface area (TPSA) is 63.7 Å². The molecule has 140 valence electrons. The summed E-state index contributed by atoms with van der Waals surface area (Å²) in [5.74, 6) is -0.580. The first kappa shape index (κ1) is 19.2. The van der Waals surface area contributed by atoms with E-state index in [2.05, 4.69) is 0 Å². The van der Waals surface area contributed by atoms with Crippen LogP contribution in [0, 0.1) is 0 Å². The number of rotatable bonds is 7. The van der Waals surface area contributed by atoms with E-state index in [-0.39, 0.29) is 18.3 Å². The summed E-state index contributed by atoms with van der Waals surface area (Å²) in [6, 6.07) is 16.4. The van der Waals surface area contributed by atoms with E-state index in [1.165, 1.54) is 11.8 Å². The number of hydrogen-bond acceptors (Lipinski definition) is 5. The number of hydrogen-bond donors (Lipinski definition) is 0. The average Bonchev–Trinajstić information content (AvgIpc) is 3.12. The van der Waals surface area contributed by atoms with Crippen molar-refractivity contribution in [2.75, 3.05) is 18.1 Å². The lowest BCUT2D eigenvalue weighted by Crippen LogP contribution is -2.24. The highest BCUT2D eigenvalue weighted by Gasteiger charge is 2.22. The fourth-order valence-corrected chi connectivity index (χ4v) is 3.72. The lowest BCUT2D eigenvalue weighted by atomic mass is 10.1. The Labute approximate surface area is 162 Å². The Kier molecular flexibility index (Phi) is 6.29. The van der Waals surface area contributed by atoms with Crippen molar-refractivity contribution >= 4 is 35.1 Å². The van der Waals surface area contributed by atoms with Gasteiger partial charge in [-0.15, -0.1) is 11.8 Å². The number of carbonyl (C=O) groups excluding carboxylic acids is 3. The van der Waals surface area contributed by atoms with Crippen LogP contribution >= 0.6 is 11.8 Å². The molecule has 0 aromatic heterocycles. The lowest BCUT2D eigenvalue weighted by Gasteiger charge is -2.15. The minimum absolute atomic E-state index is 0.105. The molecule has 5 nitrogen and oxygen atoms in total. The van der Waals surface area contributed by atoms with Gasteiger partial charge in [0, 0.05) is 29.1 Å². The molecule has 0 saturated carbocycles. The molecule has 27 heavy (non-hydrogen) atoms. The summed E-state index contributed by atoms with van der Waals surface area (Å²) in [6.45, 7) is 2.17. The number of Topliss-reactive ketones (excluding diaryl/α,β-unsaturated/α-hetero) is 1. The third kappa shape index (κ3) is 4.98. The summed E-state index contributed by atoms with van der Waals surface area (Å²) in [7, 11) is 0. The number of carbonyl (C=O) groups is 3. The van der Waals surface area contributed by atoms with Gasteiger partial charge < -0.3 is 9.64 Å². The highest BCUT2D eigenvalue weighted by Crippen LogP contribution is 2.24. The van der Waals surface area contributed by atoms with Gasteiger partial charge in [0.1, 0.15) is 5.25 Å². The van der Waals surface area contributed by atoms with E-state index < -0.39 is 11.2 Å². The van der Waals surface area contributed by atoms with Crippen LogP contribution in [0.5, 0.6) is 0 Å². The van der Waals surface area contributed by atoms with Crippen molar-refractivity contribution in [3.05, 3.63) is 60.2 Å². The predicted octanol–water partition coefficient (Wildman–Crippen LogP) is 3.72. The Bertz CT molecular complexity index is 820. The largest absolute Gasteiger partial charge is 0.456 e. The number of amides is 1. The second kappa shape index (κ2) is 8.86. The molecule has 1 fully saturated rings. The van der Waals surface area contributed by atoms with Crippen LogP contribution in [0.15, 0.2) is 59.5 Å². The van der Waals surface area contributed by atoms with Gasteiger partial charge >= 0.3 is 5.97 Å². The molecule has 0 aliphatic carbocycles. The van der Waals surface area contributed by atoms with E-state index in [0.29, 0.717) is 18.5 Å². The van der Waals surface area contributed by atoms with Crippen molar-refractivity contribution in [2.45, 2.75) is 29.9 Å². The van der Waals surface area contributed by atoms with E-state index in [1.807, 2.05) is 30.3 Å². The van der Waals surface area contributed by atoms with Crippen LogP contribution < -0.4 is 4.90 Å². The van der Waals surface area contributed by atoms with Gasteiger partial charge in [0.15, 0.2) is 12.4 Å².